The maximum atomic E-state index is 5.61. The van der Waals surface area contributed by atoms with E-state index in [1.807, 2.05) is 13.2 Å². The van der Waals surface area contributed by atoms with Gasteiger partial charge in [0.1, 0.15) is 11.6 Å². The van der Waals surface area contributed by atoms with Crippen LogP contribution < -0.4 is 11.1 Å². The third kappa shape index (κ3) is 6.24. The van der Waals surface area contributed by atoms with Gasteiger partial charge in [0.25, 0.3) is 0 Å². The third-order valence-electron chi connectivity index (χ3n) is 7.82. The number of benzene rings is 4. The summed E-state index contributed by atoms with van der Waals surface area (Å²) >= 11 is 0. The highest BCUT2D eigenvalue weighted by atomic mass is 14.9. The number of nitrogens with one attached hydrogen (secondary N) is 3. The van der Waals surface area contributed by atoms with Gasteiger partial charge in [-0.25, -0.2) is 9.97 Å². The standard InChI is InChI=1S/C35H38N6/c1-37-19-5-3-7-35-39-31-17-16-30(22-32(31)40-35)29-15-14-27-20-26(12-13-28(27)21-29)24-8-10-25(11-9-24)33-23-38-34(41-33)6-2-4-18-36/h8-17,20-23,37H,2-7,18-19,36H2,1H3,(H,38,41)(H,39,40). The van der Waals surface area contributed by atoms with Crippen LogP contribution in [0.2, 0.25) is 0 Å². The Morgan fingerprint density at radius 3 is 2.05 bits per heavy atom. The first-order valence-corrected chi connectivity index (χ1v) is 14.7. The summed E-state index contributed by atoms with van der Waals surface area (Å²) < 4.78 is 0. The molecule has 0 bridgehead atoms. The molecular weight excluding hydrogens is 504 g/mol. The van der Waals surface area contributed by atoms with Crippen LogP contribution >= 0.6 is 0 Å². The van der Waals surface area contributed by atoms with E-state index in [4.69, 9.17) is 10.7 Å². The van der Waals surface area contributed by atoms with Crippen LogP contribution in [0.3, 0.4) is 0 Å². The van der Waals surface area contributed by atoms with E-state index in [2.05, 4.69) is 99.1 Å². The van der Waals surface area contributed by atoms with E-state index in [0.29, 0.717) is 0 Å². The first-order chi connectivity index (χ1) is 20.2. The van der Waals surface area contributed by atoms with Gasteiger partial charge in [0.15, 0.2) is 0 Å². The van der Waals surface area contributed by atoms with Gasteiger partial charge in [0, 0.05) is 12.8 Å². The highest BCUT2D eigenvalue weighted by molar-refractivity contribution is 5.92. The molecule has 0 aliphatic carbocycles. The summed E-state index contributed by atoms with van der Waals surface area (Å²) in [7, 11) is 2.00. The maximum Gasteiger partial charge on any atom is 0.107 e. The van der Waals surface area contributed by atoms with E-state index in [1.54, 1.807) is 0 Å². The third-order valence-corrected chi connectivity index (χ3v) is 7.82. The summed E-state index contributed by atoms with van der Waals surface area (Å²) in [4.78, 5) is 16.3. The number of rotatable bonds is 12. The van der Waals surface area contributed by atoms with Gasteiger partial charge in [-0.1, -0.05) is 54.6 Å². The predicted octanol–water partition coefficient (Wildman–Crippen LogP) is 7.26. The van der Waals surface area contributed by atoms with Gasteiger partial charge in [0.05, 0.1) is 22.9 Å². The van der Waals surface area contributed by atoms with Gasteiger partial charge >= 0.3 is 0 Å². The minimum atomic E-state index is 0.728. The van der Waals surface area contributed by atoms with Crippen molar-refractivity contribution in [2.45, 2.75) is 38.5 Å². The normalized spacial score (nSPS) is 11.6. The molecule has 0 saturated heterocycles. The maximum absolute atomic E-state index is 5.61. The molecule has 0 saturated carbocycles. The Morgan fingerprint density at radius 2 is 1.29 bits per heavy atom. The number of imidazole rings is 2. The second-order valence-electron chi connectivity index (χ2n) is 10.8. The van der Waals surface area contributed by atoms with E-state index in [1.165, 1.54) is 33.0 Å². The van der Waals surface area contributed by atoms with Crippen molar-refractivity contribution in [3.63, 3.8) is 0 Å². The lowest BCUT2D eigenvalue weighted by molar-refractivity contribution is 0.666. The molecule has 0 atom stereocenters. The van der Waals surface area contributed by atoms with Crippen molar-refractivity contribution in [3.8, 4) is 33.5 Å². The molecular formula is C35H38N6. The number of aryl methyl sites for hydroxylation is 2. The van der Waals surface area contributed by atoms with Crippen LogP contribution in [0.15, 0.2) is 85.1 Å². The lowest BCUT2D eigenvalue weighted by Crippen LogP contribution is -2.07. The highest BCUT2D eigenvalue weighted by Crippen LogP contribution is 2.31. The Bertz CT molecular complexity index is 1740. The van der Waals surface area contributed by atoms with Gasteiger partial charge in [-0.3, -0.25) is 0 Å². The van der Waals surface area contributed by atoms with Crippen molar-refractivity contribution in [2.75, 3.05) is 20.1 Å². The molecule has 0 amide bonds. The Balaban J connectivity index is 1.17. The minimum Gasteiger partial charge on any atom is -0.342 e. The molecule has 0 unspecified atom stereocenters. The summed E-state index contributed by atoms with van der Waals surface area (Å²) in [5.41, 5.74) is 14.8. The number of aromatic amines is 2. The zero-order valence-electron chi connectivity index (χ0n) is 23.7. The fourth-order valence-corrected chi connectivity index (χ4v) is 5.47. The SMILES string of the molecule is CNCCCCc1nc2ccc(-c3ccc4cc(-c5ccc(-c6cnc(CCCCN)[nH]6)cc5)ccc4c3)cc2[nH]1. The molecule has 6 heteroatoms. The molecule has 0 aliphatic rings. The first-order valence-electron chi connectivity index (χ1n) is 14.7. The molecule has 0 radical (unpaired) electrons. The fraction of sp³-hybridized carbons (Fsp3) is 0.257. The van der Waals surface area contributed by atoms with Crippen LogP contribution in [0.5, 0.6) is 0 Å². The number of fused-ring (bicyclic) bond motifs is 2. The molecule has 6 rings (SSSR count). The first kappa shape index (κ1) is 26.9. The Kier molecular flexibility index (Phi) is 8.21. The topological polar surface area (TPSA) is 95.4 Å². The number of nitrogens with two attached hydrogens (primary N) is 1. The number of nitrogens with zero attached hydrogens (tertiary/aromatic N) is 2. The van der Waals surface area contributed by atoms with Gasteiger partial charge < -0.3 is 21.0 Å². The Labute approximate surface area is 241 Å². The molecule has 2 aromatic heterocycles. The molecule has 0 fully saturated rings. The quantitative estimate of drug-likeness (QED) is 0.122. The van der Waals surface area contributed by atoms with E-state index >= 15 is 0 Å². The summed E-state index contributed by atoms with van der Waals surface area (Å²) in [5, 5.41) is 5.68. The zero-order chi connectivity index (χ0) is 28.0. The number of unbranched alkanes of at least 4 members (excludes halogenated alkanes) is 2. The van der Waals surface area contributed by atoms with E-state index in [9.17, 15) is 0 Å². The summed E-state index contributed by atoms with van der Waals surface area (Å²) in [6.07, 6.45) is 8.21. The fourth-order valence-electron chi connectivity index (χ4n) is 5.47. The van der Waals surface area contributed by atoms with Crippen LogP contribution in [0.25, 0.3) is 55.3 Å². The van der Waals surface area contributed by atoms with Crippen molar-refractivity contribution in [1.82, 2.24) is 25.3 Å². The molecule has 4 aromatic carbocycles. The molecule has 41 heavy (non-hydrogen) atoms. The molecule has 6 nitrogen and oxygen atoms in total. The molecule has 0 spiro atoms. The summed E-state index contributed by atoms with van der Waals surface area (Å²) in [6, 6.07) is 28.7. The number of hydrogen-bond acceptors (Lipinski definition) is 4. The Morgan fingerprint density at radius 1 is 0.659 bits per heavy atom. The van der Waals surface area contributed by atoms with Gasteiger partial charge in [-0.05, 0) is 109 Å². The summed E-state index contributed by atoms with van der Waals surface area (Å²) in [6.45, 7) is 1.77. The van der Waals surface area contributed by atoms with E-state index in [0.717, 1.165) is 85.6 Å². The van der Waals surface area contributed by atoms with Gasteiger partial charge in [-0.2, -0.15) is 0 Å². The largest absolute Gasteiger partial charge is 0.342 e. The van der Waals surface area contributed by atoms with E-state index in [-0.39, 0.29) is 0 Å². The smallest absolute Gasteiger partial charge is 0.107 e. The van der Waals surface area contributed by atoms with Crippen LogP contribution in [-0.4, -0.2) is 40.1 Å². The second kappa shape index (κ2) is 12.5. The van der Waals surface area contributed by atoms with Crippen LogP contribution in [0.4, 0.5) is 0 Å². The zero-order valence-corrected chi connectivity index (χ0v) is 23.7. The number of aromatic nitrogens is 4. The van der Waals surface area contributed by atoms with Crippen molar-refractivity contribution < 1.29 is 0 Å². The van der Waals surface area contributed by atoms with Crippen molar-refractivity contribution >= 4 is 21.8 Å². The molecule has 0 aliphatic heterocycles. The number of H-pyrrole nitrogens is 2. The molecule has 5 N–H and O–H groups in total. The van der Waals surface area contributed by atoms with Crippen LogP contribution in [0.1, 0.15) is 37.3 Å². The van der Waals surface area contributed by atoms with Crippen molar-refractivity contribution in [3.05, 3.63) is 96.7 Å². The predicted molar refractivity (Wildman–Crippen MR) is 171 cm³/mol. The average molecular weight is 543 g/mol. The van der Waals surface area contributed by atoms with Crippen molar-refractivity contribution in [1.29, 1.82) is 0 Å². The average Bonchev–Trinajstić information content (AvgIpc) is 3.66. The lowest BCUT2D eigenvalue weighted by Gasteiger charge is -2.08. The summed E-state index contributed by atoms with van der Waals surface area (Å²) in [5.74, 6) is 2.09. The van der Waals surface area contributed by atoms with Gasteiger partial charge in [0.2, 0.25) is 0 Å². The second-order valence-corrected chi connectivity index (χ2v) is 10.8. The van der Waals surface area contributed by atoms with Crippen molar-refractivity contribution in [2.24, 2.45) is 5.73 Å². The number of hydrogen-bond donors (Lipinski definition) is 4. The monoisotopic (exact) mass is 542 g/mol. The molecule has 6 aromatic rings. The van der Waals surface area contributed by atoms with Gasteiger partial charge in [-0.15, -0.1) is 0 Å². The molecule has 208 valence electrons. The van der Waals surface area contributed by atoms with Crippen LogP contribution in [0, 0.1) is 0 Å². The van der Waals surface area contributed by atoms with Crippen LogP contribution in [-0.2, 0) is 12.8 Å². The minimum absolute atomic E-state index is 0.728. The molecule has 2 heterocycles. The highest BCUT2D eigenvalue weighted by Gasteiger charge is 2.08. The lowest BCUT2D eigenvalue weighted by atomic mass is 9.97. The van der Waals surface area contributed by atoms with E-state index < -0.39 is 0 Å². The Hall–Kier alpha value is -4.26.